The van der Waals surface area contributed by atoms with Crippen molar-refractivity contribution in [1.82, 2.24) is 4.98 Å². The molecule has 2 N–H and O–H groups in total. The van der Waals surface area contributed by atoms with E-state index in [4.69, 9.17) is 10.5 Å². The van der Waals surface area contributed by atoms with Crippen LogP contribution in [0.3, 0.4) is 0 Å². The average molecular weight is 226 g/mol. The number of rotatable bonds is 5. The molecule has 0 spiro atoms. The Balaban J connectivity index is 2.71. The Morgan fingerprint density at radius 3 is 2.80 bits per heavy atom. The lowest BCUT2D eigenvalue weighted by atomic mass is 10.2. The lowest BCUT2D eigenvalue weighted by Gasteiger charge is -2.10. The second-order valence-corrected chi connectivity index (χ2v) is 4.97. The minimum absolute atomic E-state index is 0.480. The maximum Gasteiger partial charge on any atom is 0.238 e. The Labute approximate surface area is 95.4 Å². The largest absolute Gasteiger partial charge is 0.476 e. The van der Waals surface area contributed by atoms with Crippen LogP contribution in [0.15, 0.2) is 17.2 Å². The summed E-state index contributed by atoms with van der Waals surface area (Å²) in [7, 11) is 0. The second-order valence-electron chi connectivity index (χ2n) is 3.68. The number of nitrogens with zero attached hydrogens (tertiary/aromatic N) is 1. The van der Waals surface area contributed by atoms with Gasteiger partial charge in [0.1, 0.15) is 5.03 Å². The Bertz CT molecular complexity index is 315. The number of nitrogens with two attached hydrogens (primary N) is 1. The number of aromatic nitrogens is 1. The minimum atomic E-state index is 0.480. The third-order valence-corrected chi connectivity index (χ3v) is 2.52. The Kier molecular flexibility index (Phi) is 4.75. The normalized spacial score (nSPS) is 10.7. The highest BCUT2D eigenvalue weighted by Crippen LogP contribution is 2.24. The molecule has 0 amide bonds. The van der Waals surface area contributed by atoms with Crippen LogP contribution in [0.4, 0.5) is 5.69 Å². The van der Waals surface area contributed by atoms with Gasteiger partial charge in [-0.15, -0.1) is 11.8 Å². The zero-order chi connectivity index (χ0) is 11.3. The average Bonchev–Trinajstić information content (AvgIpc) is 2.19. The van der Waals surface area contributed by atoms with E-state index < -0.39 is 0 Å². The van der Waals surface area contributed by atoms with Crippen LogP contribution in [-0.2, 0) is 0 Å². The fraction of sp³-hybridized carbons (Fsp3) is 0.545. The molecule has 0 aliphatic carbocycles. The number of thioether (sulfide) groups is 1. The number of anilines is 1. The van der Waals surface area contributed by atoms with E-state index in [9.17, 15) is 0 Å². The fourth-order valence-electron chi connectivity index (χ4n) is 1.02. The maximum absolute atomic E-state index is 5.78. The highest BCUT2D eigenvalue weighted by molar-refractivity contribution is 7.99. The van der Waals surface area contributed by atoms with Crippen LogP contribution in [0.2, 0.25) is 0 Å². The van der Waals surface area contributed by atoms with Gasteiger partial charge in [0.2, 0.25) is 5.88 Å². The van der Waals surface area contributed by atoms with Gasteiger partial charge in [-0.3, -0.25) is 0 Å². The molecule has 3 nitrogen and oxygen atoms in total. The Morgan fingerprint density at radius 2 is 2.20 bits per heavy atom. The SMILES string of the molecule is CCSc1ccc(N)c(OCC(C)C)n1. The molecule has 1 rings (SSSR count). The quantitative estimate of drug-likeness (QED) is 0.784. The first-order chi connectivity index (χ1) is 7.13. The van der Waals surface area contributed by atoms with Crippen LogP contribution >= 0.6 is 11.8 Å². The van der Waals surface area contributed by atoms with Crippen LogP contribution < -0.4 is 10.5 Å². The molecule has 4 heteroatoms. The molecule has 84 valence electrons. The molecule has 1 aromatic rings. The third-order valence-electron chi connectivity index (χ3n) is 1.71. The third kappa shape index (κ3) is 4.00. The molecule has 0 aliphatic rings. The van der Waals surface area contributed by atoms with Gasteiger partial charge in [-0.2, -0.15) is 0 Å². The van der Waals surface area contributed by atoms with Gasteiger partial charge in [0.05, 0.1) is 12.3 Å². The topological polar surface area (TPSA) is 48.1 Å². The van der Waals surface area contributed by atoms with Crippen LogP contribution in [0.1, 0.15) is 20.8 Å². The molecule has 1 heterocycles. The van der Waals surface area contributed by atoms with Crippen molar-refractivity contribution in [2.45, 2.75) is 25.8 Å². The maximum atomic E-state index is 5.78. The van der Waals surface area contributed by atoms with Crippen molar-refractivity contribution in [3.8, 4) is 5.88 Å². The molecule has 0 aromatic carbocycles. The molecule has 0 radical (unpaired) electrons. The summed E-state index contributed by atoms with van der Waals surface area (Å²) in [5.41, 5.74) is 6.38. The smallest absolute Gasteiger partial charge is 0.238 e. The first kappa shape index (κ1) is 12.2. The summed E-state index contributed by atoms with van der Waals surface area (Å²) in [6.07, 6.45) is 0. The van der Waals surface area contributed by atoms with Crippen molar-refractivity contribution in [2.24, 2.45) is 5.92 Å². The van der Waals surface area contributed by atoms with Gasteiger partial charge in [0, 0.05) is 0 Å². The molecule has 0 atom stereocenters. The van der Waals surface area contributed by atoms with E-state index in [0.717, 1.165) is 10.8 Å². The van der Waals surface area contributed by atoms with Gasteiger partial charge in [-0.25, -0.2) is 4.98 Å². The first-order valence-electron chi connectivity index (χ1n) is 5.15. The molecule has 0 saturated heterocycles. The zero-order valence-corrected chi connectivity index (χ0v) is 10.3. The van der Waals surface area contributed by atoms with Crippen molar-refractivity contribution >= 4 is 17.4 Å². The van der Waals surface area contributed by atoms with Gasteiger partial charge < -0.3 is 10.5 Å². The molecule has 1 aromatic heterocycles. The summed E-state index contributed by atoms with van der Waals surface area (Å²) in [4.78, 5) is 4.35. The molecular weight excluding hydrogens is 208 g/mol. The van der Waals surface area contributed by atoms with E-state index in [1.165, 1.54) is 0 Å². The Hall–Kier alpha value is -0.900. The van der Waals surface area contributed by atoms with Crippen molar-refractivity contribution in [1.29, 1.82) is 0 Å². The van der Waals surface area contributed by atoms with E-state index in [1.807, 2.05) is 12.1 Å². The molecule has 15 heavy (non-hydrogen) atoms. The second kappa shape index (κ2) is 5.85. The molecule has 0 fully saturated rings. The van der Waals surface area contributed by atoms with E-state index in [1.54, 1.807) is 11.8 Å². The summed E-state index contributed by atoms with van der Waals surface area (Å²) in [6.45, 7) is 6.94. The van der Waals surface area contributed by atoms with Crippen LogP contribution in [0.5, 0.6) is 5.88 Å². The molecule has 0 unspecified atom stereocenters. The summed E-state index contributed by atoms with van der Waals surface area (Å²) < 4.78 is 5.54. The van der Waals surface area contributed by atoms with Gasteiger partial charge in [0.15, 0.2) is 0 Å². The van der Waals surface area contributed by atoms with Crippen LogP contribution in [-0.4, -0.2) is 17.3 Å². The summed E-state index contributed by atoms with van der Waals surface area (Å²) >= 11 is 1.69. The fourth-order valence-corrected chi connectivity index (χ4v) is 1.63. The highest BCUT2D eigenvalue weighted by Gasteiger charge is 2.05. The molecular formula is C11H18N2OS. The molecule has 0 aliphatic heterocycles. The van der Waals surface area contributed by atoms with Crippen LogP contribution in [0.25, 0.3) is 0 Å². The van der Waals surface area contributed by atoms with Gasteiger partial charge in [-0.05, 0) is 23.8 Å². The molecule has 0 bridgehead atoms. The van der Waals surface area contributed by atoms with Gasteiger partial charge in [-0.1, -0.05) is 20.8 Å². The van der Waals surface area contributed by atoms with E-state index in [2.05, 4.69) is 25.8 Å². The Morgan fingerprint density at radius 1 is 1.47 bits per heavy atom. The monoisotopic (exact) mass is 226 g/mol. The van der Waals surface area contributed by atoms with E-state index >= 15 is 0 Å². The van der Waals surface area contributed by atoms with E-state index in [-0.39, 0.29) is 0 Å². The summed E-state index contributed by atoms with van der Waals surface area (Å²) in [5.74, 6) is 2.04. The van der Waals surface area contributed by atoms with E-state index in [0.29, 0.717) is 24.1 Å². The summed E-state index contributed by atoms with van der Waals surface area (Å²) in [5, 5.41) is 0.963. The zero-order valence-electron chi connectivity index (χ0n) is 9.49. The lowest BCUT2D eigenvalue weighted by molar-refractivity contribution is 0.261. The number of hydrogen-bond acceptors (Lipinski definition) is 4. The lowest BCUT2D eigenvalue weighted by Crippen LogP contribution is -2.07. The van der Waals surface area contributed by atoms with Gasteiger partial charge >= 0.3 is 0 Å². The van der Waals surface area contributed by atoms with Crippen molar-refractivity contribution < 1.29 is 4.74 Å². The minimum Gasteiger partial charge on any atom is -0.476 e. The number of nitrogen functional groups attached to an aromatic ring is 1. The van der Waals surface area contributed by atoms with Crippen molar-refractivity contribution in [3.63, 3.8) is 0 Å². The molecule has 0 saturated carbocycles. The highest BCUT2D eigenvalue weighted by atomic mass is 32.2. The number of pyridine rings is 1. The van der Waals surface area contributed by atoms with Crippen LogP contribution in [0, 0.1) is 5.92 Å². The van der Waals surface area contributed by atoms with Crippen molar-refractivity contribution in [3.05, 3.63) is 12.1 Å². The number of hydrogen-bond donors (Lipinski definition) is 1. The van der Waals surface area contributed by atoms with Gasteiger partial charge in [0.25, 0.3) is 0 Å². The predicted octanol–water partition coefficient (Wildman–Crippen LogP) is 2.81. The first-order valence-corrected chi connectivity index (χ1v) is 6.14. The summed E-state index contributed by atoms with van der Waals surface area (Å²) in [6, 6.07) is 3.77. The standard InChI is InChI=1S/C11H18N2OS/c1-4-15-10-6-5-9(12)11(13-10)14-7-8(2)3/h5-6,8H,4,7,12H2,1-3H3. The number of ether oxygens (including phenoxy) is 1. The predicted molar refractivity (Wildman–Crippen MR) is 65.4 cm³/mol. The van der Waals surface area contributed by atoms with Crippen molar-refractivity contribution in [2.75, 3.05) is 18.1 Å².